The van der Waals surface area contributed by atoms with Crippen LogP contribution >= 0.6 is 27.5 Å². The second-order valence-electron chi connectivity index (χ2n) is 3.73. The minimum atomic E-state index is -0.326. The number of hydrogen-bond acceptors (Lipinski definition) is 1. The summed E-state index contributed by atoms with van der Waals surface area (Å²) in [7, 11) is 0. The van der Waals surface area contributed by atoms with Crippen molar-refractivity contribution in [2.24, 2.45) is 0 Å². The smallest absolute Gasteiger partial charge is 0.125 e. The highest BCUT2D eigenvalue weighted by atomic mass is 79.9. The molecule has 1 aromatic carbocycles. The molecule has 90 valence electrons. The Morgan fingerprint density at radius 1 is 1.31 bits per heavy atom. The van der Waals surface area contributed by atoms with Crippen molar-refractivity contribution in [3.8, 4) is 0 Å². The summed E-state index contributed by atoms with van der Waals surface area (Å²) in [4.78, 5) is 0. The highest BCUT2D eigenvalue weighted by molar-refractivity contribution is 9.10. The Bertz CT molecular complexity index is 321. The summed E-state index contributed by atoms with van der Waals surface area (Å²) in [5.74, 6) is -0.326. The minimum Gasteiger partial charge on any atom is -0.383 e. The molecule has 1 aromatic rings. The molecule has 4 heteroatoms. The fourth-order valence-corrected chi connectivity index (χ4v) is 2.44. The largest absolute Gasteiger partial charge is 0.383 e. The fraction of sp³-hybridized carbons (Fsp3) is 0.500. The maximum Gasteiger partial charge on any atom is 0.125 e. The molecule has 0 fully saturated rings. The van der Waals surface area contributed by atoms with Crippen LogP contribution in [-0.2, 0) is 0 Å². The molecule has 0 aromatic heterocycles. The average Bonchev–Trinajstić information content (AvgIpc) is 2.20. The number of unbranched alkanes of at least 4 members (excludes halogenated alkanes) is 3. The third-order valence-electron chi connectivity index (χ3n) is 2.34. The summed E-state index contributed by atoms with van der Waals surface area (Å²) in [6.07, 6.45) is 4.79. The minimum absolute atomic E-state index is 0.326. The lowest BCUT2D eigenvalue weighted by atomic mass is 10.2. The van der Waals surface area contributed by atoms with Gasteiger partial charge in [0.1, 0.15) is 5.82 Å². The molecule has 0 amide bonds. The van der Waals surface area contributed by atoms with E-state index in [1.54, 1.807) is 0 Å². The molecule has 0 aliphatic carbocycles. The van der Waals surface area contributed by atoms with Crippen molar-refractivity contribution in [3.05, 3.63) is 27.4 Å². The van der Waals surface area contributed by atoms with Crippen LogP contribution < -0.4 is 5.32 Å². The number of rotatable bonds is 6. The topological polar surface area (TPSA) is 12.0 Å². The molecule has 0 unspecified atom stereocenters. The Labute approximate surface area is 110 Å². The van der Waals surface area contributed by atoms with Gasteiger partial charge < -0.3 is 5.32 Å². The Balaban J connectivity index is 2.47. The summed E-state index contributed by atoms with van der Waals surface area (Å²) < 4.78 is 13.6. The number of benzene rings is 1. The van der Waals surface area contributed by atoms with Crippen LogP contribution in [0.2, 0.25) is 5.02 Å². The summed E-state index contributed by atoms with van der Waals surface area (Å²) in [6, 6.07) is 2.74. The second-order valence-corrected chi connectivity index (χ2v) is 4.99. The first-order valence-electron chi connectivity index (χ1n) is 5.53. The third-order valence-corrected chi connectivity index (χ3v) is 3.26. The van der Waals surface area contributed by atoms with E-state index in [0.717, 1.165) is 18.7 Å². The lowest BCUT2D eigenvalue weighted by molar-refractivity contribution is 0.627. The van der Waals surface area contributed by atoms with E-state index in [0.29, 0.717) is 9.50 Å². The van der Waals surface area contributed by atoms with Crippen LogP contribution in [0, 0.1) is 5.82 Å². The standard InChI is InChI=1S/C12H16BrClFN/c1-2-3-4-5-6-16-12-10(13)7-9(15)8-11(12)14/h7-8,16H,2-6H2,1H3. The van der Waals surface area contributed by atoms with Crippen LogP contribution in [0.25, 0.3) is 0 Å². The van der Waals surface area contributed by atoms with E-state index in [-0.39, 0.29) is 5.82 Å². The van der Waals surface area contributed by atoms with Gasteiger partial charge >= 0.3 is 0 Å². The van der Waals surface area contributed by atoms with E-state index in [1.807, 2.05) is 0 Å². The fourth-order valence-electron chi connectivity index (χ4n) is 1.48. The molecule has 0 atom stereocenters. The van der Waals surface area contributed by atoms with Crippen LogP contribution in [0.3, 0.4) is 0 Å². The number of anilines is 1. The van der Waals surface area contributed by atoms with Crippen molar-refractivity contribution in [2.75, 3.05) is 11.9 Å². The Morgan fingerprint density at radius 2 is 2.06 bits per heavy atom. The number of hydrogen-bond donors (Lipinski definition) is 1. The van der Waals surface area contributed by atoms with E-state index in [4.69, 9.17) is 11.6 Å². The van der Waals surface area contributed by atoms with E-state index < -0.39 is 0 Å². The first-order chi connectivity index (χ1) is 7.65. The number of halogens is 3. The molecule has 16 heavy (non-hydrogen) atoms. The van der Waals surface area contributed by atoms with Crippen LogP contribution in [-0.4, -0.2) is 6.54 Å². The van der Waals surface area contributed by atoms with Gasteiger partial charge in [0, 0.05) is 11.0 Å². The van der Waals surface area contributed by atoms with Gasteiger partial charge in [-0.1, -0.05) is 37.8 Å². The van der Waals surface area contributed by atoms with Gasteiger partial charge in [-0.3, -0.25) is 0 Å². The van der Waals surface area contributed by atoms with E-state index >= 15 is 0 Å². The van der Waals surface area contributed by atoms with Crippen molar-refractivity contribution in [2.45, 2.75) is 32.6 Å². The molecule has 0 radical (unpaired) electrons. The van der Waals surface area contributed by atoms with Gasteiger partial charge in [0.15, 0.2) is 0 Å². The van der Waals surface area contributed by atoms with Crippen LogP contribution in [0.1, 0.15) is 32.6 Å². The molecule has 1 N–H and O–H groups in total. The first kappa shape index (κ1) is 13.8. The van der Waals surface area contributed by atoms with Gasteiger partial charge in [-0.05, 0) is 34.5 Å². The average molecular weight is 309 g/mol. The summed E-state index contributed by atoms with van der Waals surface area (Å²) in [5, 5.41) is 3.64. The summed E-state index contributed by atoms with van der Waals surface area (Å²) in [6.45, 7) is 3.05. The maximum absolute atomic E-state index is 13.0. The zero-order valence-electron chi connectivity index (χ0n) is 9.32. The maximum atomic E-state index is 13.0. The molecule has 1 nitrogen and oxygen atoms in total. The lowest BCUT2D eigenvalue weighted by Gasteiger charge is -2.10. The van der Waals surface area contributed by atoms with Crippen molar-refractivity contribution >= 4 is 33.2 Å². The van der Waals surface area contributed by atoms with E-state index in [1.165, 1.54) is 31.4 Å². The van der Waals surface area contributed by atoms with Crippen molar-refractivity contribution in [1.29, 1.82) is 0 Å². The molecule has 0 saturated carbocycles. The van der Waals surface area contributed by atoms with Crippen LogP contribution in [0.5, 0.6) is 0 Å². The molecule has 0 saturated heterocycles. The third kappa shape index (κ3) is 4.30. The molecular weight excluding hydrogens is 292 g/mol. The SMILES string of the molecule is CCCCCCNc1c(Cl)cc(F)cc1Br. The van der Waals surface area contributed by atoms with Gasteiger partial charge in [0.05, 0.1) is 10.7 Å². The highest BCUT2D eigenvalue weighted by Gasteiger charge is 2.06. The Morgan fingerprint density at radius 3 is 2.69 bits per heavy atom. The second kappa shape index (κ2) is 7.13. The van der Waals surface area contributed by atoms with Crippen molar-refractivity contribution in [3.63, 3.8) is 0 Å². The first-order valence-corrected chi connectivity index (χ1v) is 6.70. The summed E-state index contributed by atoms with van der Waals surface area (Å²) in [5.41, 5.74) is 0.777. The lowest BCUT2D eigenvalue weighted by Crippen LogP contribution is -2.03. The molecule has 0 spiro atoms. The molecule has 0 bridgehead atoms. The predicted octanol–water partition coefficient (Wildman–Crippen LogP) is 5.23. The number of nitrogens with one attached hydrogen (secondary N) is 1. The van der Waals surface area contributed by atoms with Crippen LogP contribution in [0.15, 0.2) is 16.6 Å². The van der Waals surface area contributed by atoms with E-state index in [2.05, 4.69) is 28.2 Å². The van der Waals surface area contributed by atoms with Gasteiger partial charge in [-0.25, -0.2) is 4.39 Å². The Hall–Kier alpha value is -0.280. The van der Waals surface area contributed by atoms with Gasteiger partial charge in [-0.15, -0.1) is 0 Å². The zero-order valence-corrected chi connectivity index (χ0v) is 11.7. The molecule has 0 aliphatic rings. The zero-order chi connectivity index (χ0) is 12.0. The van der Waals surface area contributed by atoms with E-state index in [9.17, 15) is 4.39 Å². The highest BCUT2D eigenvalue weighted by Crippen LogP contribution is 2.31. The molecule has 0 heterocycles. The van der Waals surface area contributed by atoms with Crippen molar-refractivity contribution in [1.82, 2.24) is 0 Å². The van der Waals surface area contributed by atoms with Gasteiger partial charge in [-0.2, -0.15) is 0 Å². The molecule has 1 rings (SSSR count). The normalized spacial score (nSPS) is 10.5. The van der Waals surface area contributed by atoms with Gasteiger partial charge in [0.2, 0.25) is 0 Å². The van der Waals surface area contributed by atoms with Crippen LogP contribution in [0.4, 0.5) is 10.1 Å². The van der Waals surface area contributed by atoms with Crippen molar-refractivity contribution < 1.29 is 4.39 Å². The predicted molar refractivity (Wildman–Crippen MR) is 71.7 cm³/mol. The summed E-state index contributed by atoms with van der Waals surface area (Å²) >= 11 is 9.24. The Kier molecular flexibility index (Phi) is 6.14. The quantitative estimate of drug-likeness (QED) is 0.709. The van der Waals surface area contributed by atoms with Gasteiger partial charge in [0.25, 0.3) is 0 Å². The molecular formula is C12H16BrClFN. The molecule has 0 aliphatic heterocycles. The monoisotopic (exact) mass is 307 g/mol.